The Morgan fingerprint density at radius 1 is 1.05 bits per heavy atom. The van der Waals surface area contributed by atoms with E-state index in [1.54, 1.807) is 4.90 Å². The number of hydrogen-bond acceptors (Lipinski definition) is 8. The van der Waals surface area contributed by atoms with Crippen LogP contribution >= 0.6 is 0 Å². The highest BCUT2D eigenvalue weighted by Crippen LogP contribution is 2.44. The van der Waals surface area contributed by atoms with Gasteiger partial charge in [0.2, 0.25) is 5.91 Å². The average molecular weight is 576 g/mol. The third kappa shape index (κ3) is 9.22. The first-order chi connectivity index (χ1) is 19.4. The van der Waals surface area contributed by atoms with Gasteiger partial charge in [0.25, 0.3) is 0 Å². The Labute approximate surface area is 244 Å². The lowest BCUT2D eigenvalue weighted by molar-refractivity contribution is -0.158. The van der Waals surface area contributed by atoms with E-state index in [0.717, 1.165) is 44.9 Å². The van der Waals surface area contributed by atoms with E-state index < -0.39 is 35.8 Å². The molecular weight excluding hydrogens is 526 g/mol. The molecule has 9 heteroatoms. The van der Waals surface area contributed by atoms with Crippen molar-refractivity contribution in [3.05, 3.63) is 12.2 Å². The Balaban J connectivity index is 1.92. The summed E-state index contributed by atoms with van der Waals surface area (Å²) in [7, 11) is 1.25. The molecule has 0 bridgehead atoms. The second-order valence-electron chi connectivity index (χ2n) is 12.7. The number of methoxy groups -OCH3 is 1. The van der Waals surface area contributed by atoms with E-state index in [-0.39, 0.29) is 54.5 Å². The molecule has 0 spiro atoms. The molecule has 3 rings (SSSR count). The molecule has 3 heterocycles. The summed E-state index contributed by atoms with van der Waals surface area (Å²) in [6, 6.07) is -0.639. The van der Waals surface area contributed by atoms with Crippen LogP contribution in [0.5, 0.6) is 0 Å². The second kappa shape index (κ2) is 15.1. The fourth-order valence-electron chi connectivity index (χ4n) is 6.75. The molecule has 0 aliphatic carbocycles. The summed E-state index contributed by atoms with van der Waals surface area (Å²) in [6.07, 6.45) is 10.1. The Bertz CT molecular complexity index is 988. The summed E-state index contributed by atoms with van der Waals surface area (Å²) in [5.41, 5.74) is -0.388. The smallest absolute Gasteiger partial charge is 0.305 e. The van der Waals surface area contributed by atoms with Gasteiger partial charge in [-0.3, -0.25) is 24.0 Å². The largest absolute Gasteiger partial charge is 0.469 e. The molecule has 1 amide bonds. The van der Waals surface area contributed by atoms with Crippen molar-refractivity contribution in [2.75, 3.05) is 13.7 Å². The Hall–Kier alpha value is -2.55. The SMILES string of the molecule is COC(=O)CCC(=O)C(OC(C)=O)[C@@H]1CCCCC=CCCCC[C@H](C)C(=O)N2CC3OC(C)(C)C[C@@H]3C2C(=O)C1. The van der Waals surface area contributed by atoms with Gasteiger partial charge < -0.3 is 19.1 Å². The number of rotatable bonds is 6. The van der Waals surface area contributed by atoms with Gasteiger partial charge in [0.15, 0.2) is 17.7 Å². The van der Waals surface area contributed by atoms with E-state index in [1.165, 1.54) is 14.0 Å². The summed E-state index contributed by atoms with van der Waals surface area (Å²) >= 11 is 0. The zero-order valence-corrected chi connectivity index (χ0v) is 25.5. The van der Waals surface area contributed by atoms with Crippen molar-refractivity contribution in [1.29, 1.82) is 0 Å². The van der Waals surface area contributed by atoms with Gasteiger partial charge in [0.05, 0.1) is 31.3 Å². The quantitative estimate of drug-likeness (QED) is 0.330. The molecule has 41 heavy (non-hydrogen) atoms. The van der Waals surface area contributed by atoms with Gasteiger partial charge in [-0.25, -0.2) is 0 Å². The number of nitrogens with zero attached hydrogens (tertiary/aromatic N) is 1. The van der Waals surface area contributed by atoms with Crippen LogP contribution in [0.25, 0.3) is 0 Å². The Morgan fingerprint density at radius 2 is 1.71 bits per heavy atom. The predicted octanol–water partition coefficient (Wildman–Crippen LogP) is 4.74. The zero-order chi connectivity index (χ0) is 30.2. The molecule has 3 unspecified atom stereocenters. The number of ketones is 2. The number of Topliss-reactive ketones (excluding diaryl/α,β-unsaturated/α-hetero) is 2. The lowest BCUT2D eigenvalue weighted by atomic mass is 9.82. The maximum Gasteiger partial charge on any atom is 0.305 e. The minimum absolute atomic E-state index is 0.00419. The molecule has 0 N–H and O–H groups in total. The molecule has 0 aromatic rings. The van der Waals surface area contributed by atoms with Gasteiger partial charge in [0.1, 0.15) is 0 Å². The molecule has 0 aromatic carbocycles. The highest BCUT2D eigenvalue weighted by atomic mass is 16.5. The average Bonchev–Trinajstić information content (AvgIpc) is 3.40. The number of esters is 2. The molecule has 3 aliphatic heterocycles. The summed E-state index contributed by atoms with van der Waals surface area (Å²) in [4.78, 5) is 66.7. The first kappa shape index (κ1) is 33.0. The molecule has 2 fully saturated rings. The minimum Gasteiger partial charge on any atom is -0.469 e. The molecule has 230 valence electrons. The Morgan fingerprint density at radius 3 is 2.34 bits per heavy atom. The summed E-state index contributed by atoms with van der Waals surface area (Å²) in [6.45, 7) is 7.58. The van der Waals surface area contributed by atoms with Crippen molar-refractivity contribution in [2.45, 2.75) is 129 Å². The van der Waals surface area contributed by atoms with E-state index >= 15 is 0 Å². The lowest BCUT2D eigenvalue weighted by Gasteiger charge is -2.32. The number of carbonyl (C=O) groups is 5. The van der Waals surface area contributed by atoms with Crippen LogP contribution in [-0.2, 0) is 38.2 Å². The maximum atomic E-state index is 14.2. The third-order valence-electron chi connectivity index (χ3n) is 8.75. The number of amides is 1. The summed E-state index contributed by atoms with van der Waals surface area (Å²) < 4.78 is 16.5. The van der Waals surface area contributed by atoms with Crippen molar-refractivity contribution >= 4 is 29.4 Å². The number of ether oxygens (including phenoxy) is 3. The molecule has 3 aliphatic rings. The van der Waals surface area contributed by atoms with Crippen LogP contribution in [0.15, 0.2) is 12.2 Å². The first-order valence-electron chi connectivity index (χ1n) is 15.4. The molecular formula is C32H49NO8. The van der Waals surface area contributed by atoms with Crippen LogP contribution in [0, 0.1) is 17.8 Å². The summed E-state index contributed by atoms with van der Waals surface area (Å²) in [5.74, 6) is -2.57. The molecule has 0 aromatic heterocycles. The third-order valence-corrected chi connectivity index (χ3v) is 8.75. The topological polar surface area (TPSA) is 116 Å². The van der Waals surface area contributed by atoms with Gasteiger partial charge in [-0.15, -0.1) is 0 Å². The van der Waals surface area contributed by atoms with Crippen LogP contribution in [0.1, 0.15) is 105 Å². The van der Waals surface area contributed by atoms with Crippen LogP contribution in [0.3, 0.4) is 0 Å². The molecule has 0 radical (unpaired) electrons. The van der Waals surface area contributed by atoms with Gasteiger partial charge in [0, 0.05) is 44.1 Å². The van der Waals surface area contributed by atoms with Crippen LogP contribution in [0.2, 0.25) is 0 Å². The zero-order valence-electron chi connectivity index (χ0n) is 25.5. The van der Waals surface area contributed by atoms with Gasteiger partial charge in [-0.2, -0.15) is 0 Å². The van der Waals surface area contributed by atoms with E-state index in [0.29, 0.717) is 19.4 Å². The van der Waals surface area contributed by atoms with Crippen molar-refractivity contribution in [3.63, 3.8) is 0 Å². The van der Waals surface area contributed by atoms with Crippen molar-refractivity contribution in [3.8, 4) is 0 Å². The minimum atomic E-state index is -1.14. The van der Waals surface area contributed by atoms with Crippen LogP contribution in [0.4, 0.5) is 0 Å². The highest BCUT2D eigenvalue weighted by Gasteiger charge is 2.55. The molecule has 0 saturated carbocycles. The maximum absolute atomic E-state index is 14.2. The molecule has 9 nitrogen and oxygen atoms in total. The molecule has 6 atom stereocenters. The Kier molecular flexibility index (Phi) is 12.1. The van der Waals surface area contributed by atoms with Crippen molar-refractivity contribution < 1.29 is 38.2 Å². The van der Waals surface area contributed by atoms with Gasteiger partial charge >= 0.3 is 11.9 Å². The predicted molar refractivity (Wildman–Crippen MR) is 153 cm³/mol. The van der Waals surface area contributed by atoms with Crippen LogP contribution in [-0.4, -0.2) is 71.8 Å². The molecule has 2 saturated heterocycles. The monoisotopic (exact) mass is 575 g/mol. The fraction of sp³-hybridized carbons (Fsp3) is 0.781. The van der Waals surface area contributed by atoms with E-state index in [4.69, 9.17) is 9.47 Å². The first-order valence-corrected chi connectivity index (χ1v) is 15.4. The van der Waals surface area contributed by atoms with E-state index in [9.17, 15) is 24.0 Å². The highest BCUT2D eigenvalue weighted by molar-refractivity contribution is 5.93. The van der Waals surface area contributed by atoms with E-state index in [1.807, 2.05) is 20.8 Å². The number of allylic oxidation sites excluding steroid dienone is 2. The van der Waals surface area contributed by atoms with E-state index in [2.05, 4.69) is 16.9 Å². The van der Waals surface area contributed by atoms with Gasteiger partial charge in [-0.1, -0.05) is 31.9 Å². The number of fused-ring (bicyclic) bond motifs is 3. The summed E-state index contributed by atoms with van der Waals surface area (Å²) in [5, 5.41) is 0. The standard InChI is InChI=1S/C32H49NO8/c1-21-14-12-10-8-6-7-9-11-13-15-23(30(40-22(2)34)25(35)16-17-28(37)39-5)18-26(36)29-24-19-32(3,4)41-27(24)20-33(29)31(21)38/h6-7,21,23-24,27,29-30H,8-20H2,1-5H3/t21-,23+,24-,27?,29?,30?/m0/s1. The normalized spacial score (nSPS) is 30.2. The van der Waals surface area contributed by atoms with Crippen molar-refractivity contribution in [2.24, 2.45) is 17.8 Å². The van der Waals surface area contributed by atoms with Gasteiger partial charge in [-0.05, 0) is 58.8 Å². The van der Waals surface area contributed by atoms with Crippen molar-refractivity contribution in [1.82, 2.24) is 4.90 Å². The second-order valence-corrected chi connectivity index (χ2v) is 12.7. The number of carbonyl (C=O) groups excluding carboxylic acids is 5. The number of hydrogen-bond donors (Lipinski definition) is 0. The lowest BCUT2D eigenvalue weighted by Crippen LogP contribution is -2.47. The van der Waals surface area contributed by atoms with Crippen LogP contribution < -0.4 is 0 Å². The fourth-order valence-corrected chi connectivity index (χ4v) is 6.75.